The van der Waals surface area contributed by atoms with Crippen molar-refractivity contribution in [3.63, 3.8) is 0 Å². The summed E-state index contributed by atoms with van der Waals surface area (Å²) in [5.74, 6) is 2.92. The zero-order valence-electron chi connectivity index (χ0n) is 34.4. The zero-order valence-corrected chi connectivity index (χ0v) is 36.0. The first-order valence-corrected chi connectivity index (χ1v) is 23.6. The first-order valence-electron chi connectivity index (χ1n) is 21.2. The molecule has 8 heteroatoms. The lowest BCUT2D eigenvalue weighted by Gasteiger charge is -2.72. The van der Waals surface area contributed by atoms with Gasteiger partial charge in [-0.3, -0.25) is 4.79 Å². The second-order valence-corrected chi connectivity index (χ2v) is 23.6. The van der Waals surface area contributed by atoms with Gasteiger partial charge in [0.15, 0.2) is 0 Å². The van der Waals surface area contributed by atoms with Gasteiger partial charge in [-0.1, -0.05) is 58.9 Å². The SMILES string of the molecule is C=C(C)[C@@H]1CC[C@]2(NCCN3CCC(S(C)(=O)=O)CC3)CC[C@]3(C)[C@H](CC[C@@H]4[C@@]5(C)CC=C(C6=CCC(Cl)(C(=O)OC)CC6)C(C)(C)C5CC[C@]43C)C12. The lowest BCUT2D eigenvalue weighted by molar-refractivity contribution is -0.221. The Morgan fingerprint density at radius 3 is 2.26 bits per heavy atom. The van der Waals surface area contributed by atoms with Crippen molar-refractivity contribution in [1.29, 1.82) is 0 Å². The van der Waals surface area contributed by atoms with E-state index < -0.39 is 14.7 Å². The largest absolute Gasteiger partial charge is 0.468 e. The van der Waals surface area contributed by atoms with Crippen molar-refractivity contribution in [3.8, 4) is 0 Å². The number of nitrogens with zero attached hydrogens (tertiary/aromatic N) is 1. The van der Waals surface area contributed by atoms with E-state index in [1.807, 2.05) is 0 Å². The van der Waals surface area contributed by atoms with E-state index in [-0.39, 0.29) is 27.6 Å². The number of alkyl halides is 1. The highest BCUT2D eigenvalue weighted by molar-refractivity contribution is 7.91. The summed E-state index contributed by atoms with van der Waals surface area (Å²) in [5, 5.41) is 4.10. The summed E-state index contributed by atoms with van der Waals surface area (Å²) in [6, 6.07) is 0. The molecule has 0 amide bonds. The minimum Gasteiger partial charge on any atom is -0.468 e. The smallest absolute Gasteiger partial charge is 0.327 e. The van der Waals surface area contributed by atoms with Crippen LogP contribution in [0.5, 0.6) is 0 Å². The maximum atomic E-state index is 12.5. The molecule has 0 aromatic heterocycles. The Morgan fingerprint density at radius 2 is 1.64 bits per heavy atom. The van der Waals surface area contributed by atoms with Crippen LogP contribution in [0, 0.1) is 51.2 Å². The van der Waals surface area contributed by atoms with E-state index in [1.54, 1.807) is 0 Å². The van der Waals surface area contributed by atoms with Gasteiger partial charge in [0.05, 0.1) is 12.4 Å². The second-order valence-electron chi connectivity index (χ2n) is 20.6. The molecule has 7 rings (SSSR count). The summed E-state index contributed by atoms with van der Waals surface area (Å²) in [7, 11) is -1.51. The summed E-state index contributed by atoms with van der Waals surface area (Å²) in [6.45, 7) is 23.9. The number of likely N-dealkylation sites (tertiary alicyclic amines) is 1. The number of halogens is 1. The van der Waals surface area contributed by atoms with Gasteiger partial charge in [0, 0.05) is 24.9 Å². The van der Waals surface area contributed by atoms with Gasteiger partial charge in [0.1, 0.15) is 14.7 Å². The minimum atomic E-state index is -2.95. The highest BCUT2D eigenvalue weighted by Gasteiger charge is 2.70. The van der Waals surface area contributed by atoms with Crippen LogP contribution in [0.3, 0.4) is 0 Å². The number of sulfone groups is 1. The Bertz CT molecular complexity index is 1650. The first kappa shape index (κ1) is 40.1. The van der Waals surface area contributed by atoms with E-state index in [0.29, 0.717) is 53.3 Å². The maximum Gasteiger partial charge on any atom is 0.327 e. The Labute approximate surface area is 327 Å². The molecule has 0 aromatic rings. The van der Waals surface area contributed by atoms with Crippen molar-refractivity contribution in [1.82, 2.24) is 10.2 Å². The minimum absolute atomic E-state index is 0.0672. The Morgan fingerprint density at radius 1 is 0.925 bits per heavy atom. The second kappa shape index (κ2) is 13.8. The highest BCUT2D eigenvalue weighted by atomic mass is 35.5. The van der Waals surface area contributed by atoms with E-state index in [1.165, 1.54) is 81.5 Å². The lowest BCUT2D eigenvalue weighted by Crippen LogP contribution is -2.68. The molecule has 1 saturated heterocycles. The number of carbonyl (C=O) groups excluding carboxylic acids is 1. The van der Waals surface area contributed by atoms with Gasteiger partial charge in [0.25, 0.3) is 0 Å². The molecule has 7 aliphatic rings. The van der Waals surface area contributed by atoms with Gasteiger partial charge >= 0.3 is 5.97 Å². The van der Waals surface area contributed by atoms with Crippen LogP contribution in [-0.2, 0) is 19.4 Å². The summed E-state index contributed by atoms with van der Waals surface area (Å²) in [4.78, 5) is 14.0. The molecule has 0 radical (unpaired) electrons. The van der Waals surface area contributed by atoms with Gasteiger partial charge in [0.2, 0.25) is 0 Å². The number of allylic oxidation sites excluding steroid dienone is 5. The molecule has 10 atom stereocenters. The number of hydrogen-bond acceptors (Lipinski definition) is 6. The quantitative estimate of drug-likeness (QED) is 0.151. The summed E-state index contributed by atoms with van der Waals surface area (Å²) in [5.41, 5.74) is 5.39. The number of hydrogen-bond donors (Lipinski definition) is 1. The normalized spacial score (nSPS) is 44.4. The fourth-order valence-electron chi connectivity index (χ4n) is 15.1. The van der Waals surface area contributed by atoms with E-state index in [4.69, 9.17) is 16.3 Å². The molecule has 1 N–H and O–H groups in total. The van der Waals surface area contributed by atoms with Crippen LogP contribution < -0.4 is 5.32 Å². The van der Waals surface area contributed by atoms with Crippen LogP contribution in [0.1, 0.15) is 131 Å². The number of piperidine rings is 1. The van der Waals surface area contributed by atoms with Gasteiger partial charge in [-0.15, -0.1) is 11.6 Å². The molecule has 53 heavy (non-hydrogen) atoms. The van der Waals surface area contributed by atoms with Crippen molar-refractivity contribution < 1.29 is 17.9 Å². The predicted molar refractivity (Wildman–Crippen MR) is 218 cm³/mol. The molecular formula is C45H71ClN2O4S. The van der Waals surface area contributed by atoms with Crippen LogP contribution in [0.15, 0.2) is 35.5 Å². The van der Waals surface area contributed by atoms with E-state index in [2.05, 4.69) is 70.5 Å². The zero-order chi connectivity index (χ0) is 38.4. The molecule has 0 aromatic carbocycles. The molecule has 1 heterocycles. The third-order valence-electron chi connectivity index (χ3n) is 18.0. The van der Waals surface area contributed by atoms with Crippen LogP contribution in [-0.4, -0.2) is 74.5 Å². The number of methoxy groups -OCH3 is 1. The number of esters is 1. The number of rotatable bonds is 8. The van der Waals surface area contributed by atoms with Crippen molar-refractivity contribution in [2.24, 2.45) is 51.2 Å². The molecular weight excluding hydrogens is 700 g/mol. The highest BCUT2D eigenvalue weighted by Crippen LogP contribution is 2.76. The third-order valence-corrected chi connectivity index (χ3v) is 20.2. The number of carbonyl (C=O) groups is 1. The third kappa shape index (κ3) is 6.29. The molecule has 1 aliphatic heterocycles. The lowest BCUT2D eigenvalue weighted by atomic mass is 9.33. The Kier molecular flexibility index (Phi) is 10.4. The Hall–Kier alpha value is -1.15. The van der Waals surface area contributed by atoms with Gasteiger partial charge < -0.3 is 15.0 Å². The van der Waals surface area contributed by atoms with Gasteiger partial charge in [-0.05, 0) is 172 Å². The summed E-state index contributed by atoms with van der Waals surface area (Å²) >= 11 is 6.77. The van der Waals surface area contributed by atoms with Gasteiger partial charge in [-0.2, -0.15) is 0 Å². The van der Waals surface area contributed by atoms with Crippen molar-refractivity contribution >= 4 is 27.4 Å². The monoisotopic (exact) mass is 770 g/mol. The number of ether oxygens (including phenoxy) is 1. The molecule has 5 fully saturated rings. The van der Waals surface area contributed by atoms with E-state index in [0.717, 1.165) is 51.9 Å². The van der Waals surface area contributed by atoms with Crippen molar-refractivity contribution in [3.05, 3.63) is 35.5 Å². The summed E-state index contributed by atoms with van der Waals surface area (Å²) in [6.07, 6.45) is 21.3. The van der Waals surface area contributed by atoms with E-state index >= 15 is 0 Å². The average molecular weight is 772 g/mol. The molecule has 4 saturated carbocycles. The first-order chi connectivity index (χ1) is 24.8. The molecule has 0 spiro atoms. The van der Waals surface area contributed by atoms with E-state index in [9.17, 15) is 13.2 Å². The van der Waals surface area contributed by atoms with Crippen molar-refractivity contribution in [2.45, 2.75) is 147 Å². The fourth-order valence-corrected chi connectivity index (χ4v) is 16.4. The number of fused-ring (bicyclic) bond motifs is 7. The van der Waals surface area contributed by atoms with Crippen molar-refractivity contribution in [2.75, 3.05) is 39.5 Å². The van der Waals surface area contributed by atoms with Crippen LogP contribution in [0.4, 0.5) is 0 Å². The van der Waals surface area contributed by atoms with Gasteiger partial charge in [-0.25, -0.2) is 8.42 Å². The topological polar surface area (TPSA) is 75.7 Å². The molecule has 0 bridgehead atoms. The molecule has 3 unspecified atom stereocenters. The molecule has 6 aliphatic carbocycles. The number of nitrogens with one attached hydrogen (secondary N) is 1. The van der Waals surface area contributed by atoms with Crippen LogP contribution in [0.2, 0.25) is 0 Å². The van der Waals surface area contributed by atoms with Crippen LogP contribution >= 0.6 is 11.6 Å². The Balaban J connectivity index is 1.10. The maximum absolute atomic E-state index is 12.5. The standard InChI is InChI=1S/C45H71ClN2O4S/c1-30(2)33-14-23-45(47-26-29-48-27-17-32(18-28-48)53(9,50)51)25-24-42(6)35(38(33)45)10-11-37-41(5)19-15-34(40(3,4)36(41)16-20-43(37,42)7)31-12-21-44(46,22-13-31)39(49)52-8/h12,15,32-33,35-38,47H,1,10-11,13-14,16-29H2,2-9H3/t33-,35+,36?,37+,38?,41-,42+,43+,44?,45-/m0/s1. The van der Waals surface area contributed by atoms with Crippen LogP contribution in [0.25, 0.3) is 0 Å². The molecule has 298 valence electrons. The average Bonchev–Trinajstić information content (AvgIpc) is 3.48. The molecule has 6 nitrogen and oxygen atoms in total. The fraction of sp³-hybridized carbons (Fsp3) is 0.844. The predicted octanol–water partition coefficient (Wildman–Crippen LogP) is 9.29. The summed E-state index contributed by atoms with van der Waals surface area (Å²) < 4.78 is 29.4.